The molecule has 2 amide bonds. The maximum absolute atomic E-state index is 12.4. The van der Waals surface area contributed by atoms with E-state index >= 15 is 0 Å². The van der Waals surface area contributed by atoms with Gasteiger partial charge in [0.05, 0.1) is 6.04 Å². The Labute approximate surface area is 144 Å². The average Bonchev–Trinajstić information content (AvgIpc) is 2.97. The van der Waals surface area contributed by atoms with Crippen molar-refractivity contribution in [3.8, 4) is 0 Å². The monoisotopic (exact) mass is 325 g/mol. The predicted octanol–water partition coefficient (Wildman–Crippen LogP) is 4.17. The topological polar surface area (TPSA) is 37.4 Å². The van der Waals surface area contributed by atoms with E-state index in [1.165, 1.54) is 28.2 Å². The van der Waals surface area contributed by atoms with Crippen LogP contribution >= 0.6 is 0 Å². The summed E-state index contributed by atoms with van der Waals surface area (Å²) in [4.78, 5) is 26.2. The van der Waals surface area contributed by atoms with Gasteiger partial charge in [0.2, 0.25) is 0 Å². The van der Waals surface area contributed by atoms with Crippen molar-refractivity contribution in [3.63, 3.8) is 0 Å². The van der Waals surface area contributed by atoms with Gasteiger partial charge in [-0.25, -0.2) is 0 Å². The van der Waals surface area contributed by atoms with Crippen molar-refractivity contribution in [1.29, 1.82) is 0 Å². The molecule has 24 heavy (non-hydrogen) atoms. The first-order valence-electron chi connectivity index (χ1n) is 8.68. The Bertz CT molecular complexity index is 713. The van der Waals surface area contributed by atoms with E-state index in [0.29, 0.717) is 0 Å². The van der Waals surface area contributed by atoms with Gasteiger partial charge in [0, 0.05) is 12.2 Å². The highest BCUT2D eigenvalue weighted by atomic mass is 16.2. The number of rotatable bonds is 1. The first-order valence-corrected chi connectivity index (χ1v) is 8.68. The van der Waals surface area contributed by atoms with E-state index in [1.54, 1.807) is 0 Å². The Kier molecular flexibility index (Phi) is 3.74. The fourth-order valence-corrected chi connectivity index (χ4v) is 3.87. The number of hydrogen-bond acceptors (Lipinski definition) is 2. The van der Waals surface area contributed by atoms with Crippen LogP contribution in [0.3, 0.4) is 0 Å². The highest BCUT2D eigenvalue weighted by Crippen LogP contribution is 2.49. The summed E-state index contributed by atoms with van der Waals surface area (Å²) >= 11 is 0. The standard InChI is InChI=1S/C21H27NO2/c1-20(2,3)14-8-7-13-11-16(21(4,5)6)19(15(13)12-14)22-17(23)9-10-18(22)24/h7-10,12,16,19H,11H2,1-6H3/t16-,19-/m1/s1. The van der Waals surface area contributed by atoms with E-state index in [1.807, 2.05) is 0 Å². The van der Waals surface area contributed by atoms with Crippen molar-refractivity contribution < 1.29 is 9.59 Å². The molecule has 0 N–H and O–H groups in total. The van der Waals surface area contributed by atoms with Crippen molar-refractivity contribution in [2.45, 2.75) is 59.4 Å². The maximum Gasteiger partial charge on any atom is 0.254 e. The molecule has 0 bridgehead atoms. The van der Waals surface area contributed by atoms with Crippen LogP contribution in [0, 0.1) is 11.3 Å². The van der Waals surface area contributed by atoms with Gasteiger partial charge in [0.1, 0.15) is 0 Å². The molecule has 1 aliphatic heterocycles. The molecule has 3 heteroatoms. The lowest BCUT2D eigenvalue weighted by atomic mass is 9.76. The molecule has 0 aromatic heterocycles. The summed E-state index contributed by atoms with van der Waals surface area (Å²) in [6.45, 7) is 13.1. The Morgan fingerprint density at radius 1 is 0.958 bits per heavy atom. The van der Waals surface area contributed by atoms with Crippen LogP contribution in [0.4, 0.5) is 0 Å². The molecule has 1 aromatic rings. The van der Waals surface area contributed by atoms with E-state index in [4.69, 9.17) is 0 Å². The number of imide groups is 1. The largest absolute Gasteiger partial charge is 0.269 e. The Morgan fingerprint density at radius 3 is 2.04 bits per heavy atom. The van der Waals surface area contributed by atoms with Gasteiger partial charge < -0.3 is 0 Å². The second-order valence-corrected chi connectivity index (χ2v) is 9.16. The van der Waals surface area contributed by atoms with Gasteiger partial charge in [0.15, 0.2) is 0 Å². The minimum absolute atomic E-state index is 0.00866. The fourth-order valence-electron chi connectivity index (χ4n) is 3.87. The summed E-state index contributed by atoms with van der Waals surface area (Å²) in [5, 5.41) is 0. The normalized spacial score (nSPS) is 24.0. The molecule has 0 saturated heterocycles. The minimum atomic E-state index is -0.187. The molecule has 0 fully saturated rings. The summed E-state index contributed by atoms with van der Waals surface area (Å²) in [6.07, 6.45) is 3.70. The summed E-state index contributed by atoms with van der Waals surface area (Å²) < 4.78 is 0. The molecule has 1 aromatic carbocycles. The number of carbonyl (C=O) groups is 2. The Morgan fingerprint density at radius 2 is 1.54 bits per heavy atom. The quantitative estimate of drug-likeness (QED) is 0.727. The molecule has 0 saturated carbocycles. The van der Waals surface area contributed by atoms with Crippen LogP contribution < -0.4 is 0 Å². The zero-order valence-electron chi connectivity index (χ0n) is 15.5. The number of benzene rings is 1. The van der Waals surface area contributed by atoms with Crippen LogP contribution in [0.25, 0.3) is 0 Å². The van der Waals surface area contributed by atoms with E-state index < -0.39 is 0 Å². The van der Waals surface area contributed by atoms with E-state index in [9.17, 15) is 9.59 Å². The van der Waals surface area contributed by atoms with E-state index in [0.717, 1.165) is 12.0 Å². The number of fused-ring (bicyclic) bond motifs is 1. The molecule has 2 atom stereocenters. The zero-order valence-corrected chi connectivity index (χ0v) is 15.5. The summed E-state index contributed by atoms with van der Waals surface area (Å²) in [5.74, 6) is -0.142. The van der Waals surface area contributed by atoms with Crippen LogP contribution in [0.5, 0.6) is 0 Å². The van der Waals surface area contributed by atoms with Crippen LogP contribution in [0.2, 0.25) is 0 Å². The van der Waals surface area contributed by atoms with Crippen LogP contribution in [-0.4, -0.2) is 16.7 Å². The third kappa shape index (κ3) is 2.70. The molecule has 3 rings (SSSR count). The van der Waals surface area contributed by atoms with Gasteiger partial charge >= 0.3 is 0 Å². The number of carbonyl (C=O) groups excluding carboxylic acids is 2. The predicted molar refractivity (Wildman–Crippen MR) is 95.5 cm³/mol. The van der Waals surface area contributed by atoms with Crippen LogP contribution in [0.15, 0.2) is 30.4 Å². The minimum Gasteiger partial charge on any atom is -0.269 e. The van der Waals surface area contributed by atoms with Crippen molar-refractivity contribution in [2.24, 2.45) is 11.3 Å². The average molecular weight is 325 g/mol. The third-order valence-electron chi connectivity index (χ3n) is 5.39. The molecular formula is C21H27NO2. The maximum atomic E-state index is 12.4. The summed E-state index contributed by atoms with van der Waals surface area (Å²) in [7, 11) is 0. The second-order valence-electron chi connectivity index (χ2n) is 9.16. The molecule has 3 nitrogen and oxygen atoms in total. The van der Waals surface area contributed by atoms with Gasteiger partial charge in [-0.1, -0.05) is 59.7 Å². The van der Waals surface area contributed by atoms with Gasteiger partial charge in [-0.15, -0.1) is 0 Å². The number of hydrogen-bond donors (Lipinski definition) is 0. The highest BCUT2D eigenvalue weighted by Gasteiger charge is 2.46. The fraction of sp³-hybridized carbons (Fsp3) is 0.524. The Balaban J connectivity index is 2.13. The first-order chi connectivity index (χ1) is 11.0. The van der Waals surface area contributed by atoms with Gasteiger partial charge in [-0.2, -0.15) is 0 Å². The number of nitrogens with zero attached hydrogens (tertiary/aromatic N) is 1. The lowest BCUT2D eigenvalue weighted by Crippen LogP contribution is -2.40. The summed E-state index contributed by atoms with van der Waals surface area (Å²) in [5.41, 5.74) is 3.70. The number of amides is 2. The van der Waals surface area contributed by atoms with Crippen LogP contribution in [0.1, 0.15) is 64.3 Å². The van der Waals surface area contributed by atoms with Crippen molar-refractivity contribution >= 4 is 11.8 Å². The molecule has 0 unspecified atom stereocenters. The molecular weight excluding hydrogens is 298 g/mol. The van der Waals surface area contributed by atoms with Crippen molar-refractivity contribution in [3.05, 3.63) is 47.0 Å². The third-order valence-corrected chi connectivity index (χ3v) is 5.39. The van der Waals surface area contributed by atoms with E-state index in [2.05, 4.69) is 59.7 Å². The highest BCUT2D eigenvalue weighted by molar-refractivity contribution is 6.13. The molecule has 1 heterocycles. The second kappa shape index (κ2) is 5.30. The van der Waals surface area contributed by atoms with Gasteiger partial charge in [-0.3, -0.25) is 14.5 Å². The smallest absolute Gasteiger partial charge is 0.254 e. The van der Waals surface area contributed by atoms with Crippen LogP contribution in [-0.2, 0) is 21.4 Å². The van der Waals surface area contributed by atoms with Gasteiger partial charge in [0.25, 0.3) is 11.8 Å². The molecule has 2 aliphatic rings. The summed E-state index contributed by atoms with van der Waals surface area (Å²) in [6, 6.07) is 6.42. The molecule has 1 aliphatic carbocycles. The Hall–Kier alpha value is -1.90. The molecule has 0 spiro atoms. The SMILES string of the molecule is CC(C)(C)c1ccc2c(c1)[C@@H](N1C(=O)C=CC1=O)[C@H](C(C)(C)C)C2. The molecule has 0 radical (unpaired) electrons. The van der Waals surface area contributed by atoms with E-state index in [-0.39, 0.29) is 34.6 Å². The lowest BCUT2D eigenvalue weighted by molar-refractivity contribution is -0.141. The van der Waals surface area contributed by atoms with Crippen molar-refractivity contribution in [2.75, 3.05) is 0 Å². The van der Waals surface area contributed by atoms with Gasteiger partial charge in [-0.05, 0) is 39.9 Å². The first kappa shape index (κ1) is 16.9. The zero-order chi connectivity index (χ0) is 17.9. The molecule has 128 valence electrons. The lowest BCUT2D eigenvalue weighted by Gasteiger charge is -2.37. The van der Waals surface area contributed by atoms with Crippen molar-refractivity contribution in [1.82, 2.24) is 4.90 Å².